The Morgan fingerprint density at radius 3 is 2.42 bits per heavy atom. The predicted octanol–water partition coefficient (Wildman–Crippen LogP) is 3.20. The van der Waals surface area contributed by atoms with Crippen molar-refractivity contribution in [2.75, 3.05) is 39.9 Å². The lowest BCUT2D eigenvalue weighted by atomic mass is 9.53. The van der Waals surface area contributed by atoms with Crippen LogP contribution in [0.3, 0.4) is 0 Å². The highest BCUT2D eigenvalue weighted by Gasteiger charge is 2.64. The molecule has 0 bridgehead atoms. The van der Waals surface area contributed by atoms with Crippen molar-refractivity contribution >= 4 is 17.7 Å². The quantitative estimate of drug-likeness (QED) is 0.360. The molecular formula is C33H46N2O8. The third kappa shape index (κ3) is 4.84. The first-order chi connectivity index (χ1) is 20.5. The summed E-state index contributed by atoms with van der Waals surface area (Å²) in [6.45, 7) is 8.91. The average molecular weight is 599 g/mol. The molecule has 0 spiro atoms. The van der Waals surface area contributed by atoms with Crippen LogP contribution in [-0.2, 0) is 28.6 Å². The van der Waals surface area contributed by atoms with Gasteiger partial charge in [0.25, 0.3) is 0 Å². The topological polar surface area (TPSA) is 126 Å². The van der Waals surface area contributed by atoms with E-state index in [1.165, 1.54) is 33.3 Å². The van der Waals surface area contributed by atoms with E-state index in [1.807, 2.05) is 13.8 Å². The summed E-state index contributed by atoms with van der Waals surface area (Å²) in [5.41, 5.74) is -0.591. The van der Waals surface area contributed by atoms with Crippen molar-refractivity contribution in [2.45, 2.75) is 96.5 Å². The summed E-state index contributed by atoms with van der Waals surface area (Å²) in [7, 11) is 1.51. The number of allylic oxidation sites excluding steroid dienone is 1. The molecular weight excluding hydrogens is 552 g/mol. The summed E-state index contributed by atoms with van der Waals surface area (Å²) in [5, 5.41) is 22.8. The predicted molar refractivity (Wildman–Crippen MR) is 157 cm³/mol. The first-order valence-corrected chi connectivity index (χ1v) is 16.0. The molecule has 6 atom stereocenters. The van der Waals surface area contributed by atoms with E-state index in [2.05, 4.69) is 9.80 Å². The van der Waals surface area contributed by atoms with Gasteiger partial charge in [-0.05, 0) is 76.5 Å². The molecule has 0 radical (unpaired) electrons. The zero-order valence-corrected chi connectivity index (χ0v) is 25.9. The number of hydrogen-bond acceptors (Lipinski definition) is 10. The van der Waals surface area contributed by atoms with Crippen LogP contribution in [-0.4, -0.2) is 102 Å². The maximum Gasteiger partial charge on any atom is 0.340 e. The Balaban J connectivity index is 1.42. The van der Waals surface area contributed by atoms with Gasteiger partial charge in [0.15, 0.2) is 5.76 Å². The molecule has 10 nitrogen and oxygen atoms in total. The van der Waals surface area contributed by atoms with Crippen LogP contribution < -0.4 is 0 Å². The van der Waals surface area contributed by atoms with Crippen LogP contribution in [0.4, 0.5) is 0 Å². The largest absolute Gasteiger partial charge is 0.504 e. The van der Waals surface area contributed by atoms with E-state index < -0.39 is 52.6 Å². The van der Waals surface area contributed by atoms with Gasteiger partial charge in [-0.3, -0.25) is 9.59 Å². The molecule has 6 aliphatic rings. The lowest BCUT2D eigenvalue weighted by Crippen LogP contribution is -2.57. The van der Waals surface area contributed by atoms with Crippen molar-refractivity contribution in [3.8, 4) is 0 Å². The van der Waals surface area contributed by atoms with Gasteiger partial charge in [-0.25, -0.2) is 4.79 Å². The molecule has 3 aliphatic heterocycles. The number of fused-ring (bicyclic) bond motifs is 4. The second-order valence-electron chi connectivity index (χ2n) is 13.8. The average Bonchev–Trinajstić information content (AvgIpc) is 3.27. The second-order valence-corrected chi connectivity index (χ2v) is 13.8. The van der Waals surface area contributed by atoms with Gasteiger partial charge < -0.3 is 34.2 Å². The summed E-state index contributed by atoms with van der Waals surface area (Å²) in [6.07, 6.45) is 6.48. The minimum atomic E-state index is -1.19. The molecule has 0 aromatic rings. The molecule has 4 fully saturated rings. The first-order valence-electron chi connectivity index (χ1n) is 16.0. The van der Waals surface area contributed by atoms with E-state index in [1.54, 1.807) is 6.20 Å². The Morgan fingerprint density at radius 2 is 1.77 bits per heavy atom. The van der Waals surface area contributed by atoms with E-state index in [4.69, 9.17) is 14.2 Å². The van der Waals surface area contributed by atoms with Crippen LogP contribution in [0.1, 0.15) is 72.1 Å². The van der Waals surface area contributed by atoms with E-state index in [0.29, 0.717) is 36.5 Å². The Morgan fingerprint density at radius 1 is 1.07 bits per heavy atom. The van der Waals surface area contributed by atoms with E-state index >= 15 is 0 Å². The smallest absolute Gasteiger partial charge is 0.340 e. The summed E-state index contributed by atoms with van der Waals surface area (Å²) in [5.74, 6) is -2.49. The monoisotopic (exact) mass is 598 g/mol. The zero-order valence-electron chi connectivity index (χ0n) is 25.9. The fraction of sp³-hybridized carbons (Fsp3) is 0.727. The molecule has 0 amide bonds. The van der Waals surface area contributed by atoms with Gasteiger partial charge in [0.2, 0.25) is 5.78 Å². The van der Waals surface area contributed by atoms with Crippen molar-refractivity contribution in [3.05, 3.63) is 34.3 Å². The maximum atomic E-state index is 14.2. The first kappa shape index (κ1) is 30.3. The number of aliphatic hydroxyl groups excluding tert-OH is 2. The molecule has 0 aromatic carbocycles. The minimum absolute atomic E-state index is 0.0237. The number of ketones is 1. The highest BCUT2D eigenvalue weighted by Crippen LogP contribution is 2.63. The Kier molecular flexibility index (Phi) is 8.01. The molecule has 1 saturated carbocycles. The highest BCUT2D eigenvalue weighted by molar-refractivity contribution is 6.13. The van der Waals surface area contributed by atoms with Crippen LogP contribution in [0.5, 0.6) is 0 Å². The standard InChI is InChI=1S/C33H46N2O8/c1-19(36)42-23-16-32(2)22(8-9-24(32)37)26-28(23)33(3)25(18-41-4)43-31(40)21(27(33)30(39)29(26)38)17-34-14-10-20(11-15-34)35-12-6-5-7-13-35/h17,20,22-25,37,39H,5-16,18H2,1-4H3/b21-17+/t22-,23+,24-,25+,32-,33-/m0/s1. The lowest BCUT2D eigenvalue weighted by molar-refractivity contribution is -0.161. The molecule has 236 valence electrons. The second kappa shape index (κ2) is 11.3. The number of aliphatic hydroxyl groups is 2. The maximum absolute atomic E-state index is 14.2. The number of likely N-dealkylation sites (tertiary alicyclic amines) is 2. The number of esters is 2. The van der Waals surface area contributed by atoms with Gasteiger partial charge in [-0.2, -0.15) is 0 Å². The van der Waals surface area contributed by atoms with Crippen LogP contribution in [0.2, 0.25) is 0 Å². The van der Waals surface area contributed by atoms with Crippen molar-refractivity contribution in [1.29, 1.82) is 0 Å². The van der Waals surface area contributed by atoms with Crippen molar-refractivity contribution in [2.24, 2.45) is 16.7 Å². The third-order valence-electron chi connectivity index (χ3n) is 11.4. The van der Waals surface area contributed by atoms with E-state index in [9.17, 15) is 24.6 Å². The summed E-state index contributed by atoms with van der Waals surface area (Å²) in [6, 6.07) is 0.518. The highest BCUT2D eigenvalue weighted by atomic mass is 16.6. The molecule has 0 unspecified atom stereocenters. The SMILES string of the molecule is COC[C@H]1OC(=O)/C(=C/N2CCC(N3CCCCC3)CC2)C2=C(O)C(=O)C3=C([C@H](OC(C)=O)C[C@]4(C)[C@@H](O)CC[C@@H]34)[C@]21C. The molecule has 3 saturated heterocycles. The van der Waals surface area contributed by atoms with E-state index in [0.717, 1.165) is 39.0 Å². The number of methoxy groups -OCH3 is 1. The molecule has 0 aromatic heterocycles. The fourth-order valence-electron chi connectivity index (χ4n) is 9.12. The van der Waals surface area contributed by atoms with Crippen LogP contribution in [0.25, 0.3) is 0 Å². The Bertz CT molecular complexity index is 1270. The fourth-order valence-corrected chi connectivity index (χ4v) is 9.12. The van der Waals surface area contributed by atoms with Crippen LogP contribution in [0, 0.1) is 16.7 Å². The van der Waals surface area contributed by atoms with Gasteiger partial charge in [0.1, 0.15) is 12.2 Å². The summed E-state index contributed by atoms with van der Waals surface area (Å²) in [4.78, 5) is 44.9. The number of cyclic esters (lactones) is 1. The van der Waals surface area contributed by atoms with Crippen molar-refractivity contribution < 1.29 is 38.8 Å². The molecule has 10 heteroatoms. The summed E-state index contributed by atoms with van der Waals surface area (Å²) < 4.78 is 17.5. The van der Waals surface area contributed by atoms with Gasteiger partial charge in [-0.15, -0.1) is 0 Å². The summed E-state index contributed by atoms with van der Waals surface area (Å²) >= 11 is 0. The molecule has 43 heavy (non-hydrogen) atoms. The Labute approximate surface area is 253 Å². The normalized spacial score (nSPS) is 38.2. The van der Waals surface area contributed by atoms with Crippen molar-refractivity contribution in [1.82, 2.24) is 9.80 Å². The zero-order chi connectivity index (χ0) is 30.7. The number of nitrogens with zero attached hydrogens (tertiary/aromatic N) is 2. The number of ether oxygens (including phenoxy) is 3. The van der Waals surface area contributed by atoms with Gasteiger partial charge >= 0.3 is 11.9 Å². The minimum Gasteiger partial charge on any atom is -0.504 e. The molecule has 6 rings (SSSR count). The van der Waals surface area contributed by atoms with Crippen molar-refractivity contribution in [3.63, 3.8) is 0 Å². The number of carbonyl (C=O) groups is 3. The lowest BCUT2D eigenvalue weighted by Gasteiger charge is -2.54. The number of rotatable bonds is 5. The molecule has 2 N–H and O–H groups in total. The number of hydrogen-bond donors (Lipinski definition) is 2. The third-order valence-corrected chi connectivity index (χ3v) is 11.4. The van der Waals surface area contributed by atoms with Crippen LogP contribution >= 0.6 is 0 Å². The molecule has 3 aliphatic carbocycles. The number of Topliss-reactive ketones (excluding diaryl/α,β-unsaturated/α-hetero) is 1. The van der Waals surface area contributed by atoms with Gasteiger partial charge in [0.05, 0.1) is 23.7 Å². The van der Waals surface area contributed by atoms with Gasteiger partial charge in [0, 0.05) is 55.9 Å². The Hall–Kier alpha value is -2.69. The van der Waals surface area contributed by atoms with Crippen LogP contribution in [0.15, 0.2) is 34.3 Å². The number of carbonyl (C=O) groups excluding carboxylic acids is 3. The molecule has 3 heterocycles. The van der Waals surface area contributed by atoms with E-state index in [-0.39, 0.29) is 23.7 Å². The van der Waals surface area contributed by atoms with Gasteiger partial charge in [-0.1, -0.05) is 13.3 Å². The number of piperidine rings is 2.